The number of rotatable bonds is 4. The van der Waals surface area contributed by atoms with Crippen LogP contribution < -0.4 is 5.32 Å². The van der Waals surface area contributed by atoms with Crippen LogP contribution in [0.1, 0.15) is 37.2 Å². The molecule has 1 fully saturated rings. The SMILES string of the molecule is CNCC(O)c1cccc(C2COC(C)(C)O2)c1. The minimum atomic E-state index is -0.524. The van der Waals surface area contributed by atoms with Crippen LogP contribution in [0.25, 0.3) is 0 Å². The molecule has 1 heterocycles. The lowest BCUT2D eigenvalue weighted by atomic mass is 10.0. The van der Waals surface area contributed by atoms with E-state index in [0.717, 1.165) is 11.1 Å². The van der Waals surface area contributed by atoms with E-state index in [1.54, 1.807) is 0 Å². The summed E-state index contributed by atoms with van der Waals surface area (Å²) in [5.41, 5.74) is 1.95. The van der Waals surface area contributed by atoms with Crippen molar-refractivity contribution in [3.8, 4) is 0 Å². The summed E-state index contributed by atoms with van der Waals surface area (Å²) in [5, 5.41) is 12.9. The second kappa shape index (κ2) is 5.36. The molecule has 1 aromatic rings. The van der Waals surface area contributed by atoms with Crippen molar-refractivity contribution < 1.29 is 14.6 Å². The summed E-state index contributed by atoms with van der Waals surface area (Å²) in [6, 6.07) is 7.85. The number of ether oxygens (including phenoxy) is 2. The van der Waals surface area contributed by atoms with E-state index in [0.29, 0.717) is 13.2 Å². The fourth-order valence-electron chi connectivity index (χ4n) is 2.13. The zero-order valence-electron chi connectivity index (χ0n) is 11.1. The minimum absolute atomic E-state index is 0.0539. The van der Waals surface area contributed by atoms with Gasteiger partial charge in [-0.15, -0.1) is 0 Å². The van der Waals surface area contributed by atoms with Crippen molar-refractivity contribution in [1.29, 1.82) is 0 Å². The molecule has 0 saturated carbocycles. The van der Waals surface area contributed by atoms with Gasteiger partial charge in [-0.2, -0.15) is 0 Å². The van der Waals surface area contributed by atoms with E-state index < -0.39 is 11.9 Å². The highest BCUT2D eigenvalue weighted by atomic mass is 16.7. The van der Waals surface area contributed by atoms with E-state index in [4.69, 9.17) is 9.47 Å². The summed E-state index contributed by atoms with van der Waals surface area (Å²) < 4.78 is 11.4. The van der Waals surface area contributed by atoms with E-state index in [1.165, 1.54) is 0 Å². The first-order valence-corrected chi connectivity index (χ1v) is 6.26. The molecule has 4 nitrogen and oxygen atoms in total. The van der Waals surface area contributed by atoms with Crippen LogP contribution in [0.5, 0.6) is 0 Å². The van der Waals surface area contributed by atoms with Crippen molar-refractivity contribution in [3.63, 3.8) is 0 Å². The first kappa shape index (κ1) is 13.5. The number of aliphatic hydroxyl groups is 1. The highest BCUT2D eigenvalue weighted by Crippen LogP contribution is 2.33. The van der Waals surface area contributed by atoms with Gasteiger partial charge in [-0.3, -0.25) is 0 Å². The molecule has 0 amide bonds. The van der Waals surface area contributed by atoms with Crippen molar-refractivity contribution in [2.45, 2.75) is 31.8 Å². The van der Waals surface area contributed by atoms with Crippen molar-refractivity contribution in [3.05, 3.63) is 35.4 Å². The summed E-state index contributed by atoms with van der Waals surface area (Å²) in [7, 11) is 1.82. The molecule has 1 aliphatic heterocycles. The predicted molar refractivity (Wildman–Crippen MR) is 69.2 cm³/mol. The molecule has 2 N–H and O–H groups in total. The second-order valence-electron chi connectivity index (χ2n) is 5.06. The van der Waals surface area contributed by atoms with Crippen LogP contribution in [0.15, 0.2) is 24.3 Å². The highest BCUT2D eigenvalue weighted by Gasteiger charge is 2.33. The Morgan fingerprint density at radius 1 is 1.50 bits per heavy atom. The zero-order valence-corrected chi connectivity index (χ0v) is 11.1. The number of hydrogen-bond donors (Lipinski definition) is 2. The Morgan fingerprint density at radius 2 is 2.28 bits per heavy atom. The summed E-state index contributed by atoms with van der Waals surface area (Å²) >= 11 is 0. The first-order valence-electron chi connectivity index (χ1n) is 6.26. The third-order valence-corrected chi connectivity index (χ3v) is 3.07. The summed E-state index contributed by atoms with van der Waals surface area (Å²) in [4.78, 5) is 0. The molecule has 2 unspecified atom stereocenters. The van der Waals surface area contributed by atoms with Crippen LogP contribution in [-0.4, -0.2) is 31.1 Å². The van der Waals surface area contributed by atoms with E-state index in [1.807, 2.05) is 45.2 Å². The third kappa shape index (κ3) is 3.09. The van der Waals surface area contributed by atoms with Crippen molar-refractivity contribution >= 4 is 0 Å². The number of likely N-dealkylation sites (N-methyl/N-ethyl adjacent to an activating group) is 1. The molecule has 18 heavy (non-hydrogen) atoms. The standard InChI is InChI=1S/C14H21NO3/c1-14(2)17-9-13(18-14)11-6-4-5-10(7-11)12(16)8-15-3/h4-7,12-13,15-16H,8-9H2,1-3H3. The van der Waals surface area contributed by atoms with Crippen LogP contribution in [-0.2, 0) is 9.47 Å². The summed E-state index contributed by atoms with van der Waals surface area (Å²) in [6.45, 7) is 4.91. The van der Waals surface area contributed by atoms with Crippen molar-refractivity contribution in [2.75, 3.05) is 20.2 Å². The van der Waals surface area contributed by atoms with Crippen molar-refractivity contribution in [2.24, 2.45) is 0 Å². The maximum Gasteiger partial charge on any atom is 0.163 e. The van der Waals surface area contributed by atoms with Crippen LogP contribution in [0.3, 0.4) is 0 Å². The summed E-state index contributed by atoms with van der Waals surface area (Å²) in [5.74, 6) is -0.524. The lowest BCUT2D eigenvalue weighted by Crippen LogP contribution is -2.19. The van der Waals surface area contributed by atoms with Gasteiger partial charge in [0.15, 0.2) is 5.79 Å². The predicted octanol–water partition coefficient (Wildman–Crippen LogP) is 1.76. The molecule has 1 aliphatic rings. The molecule has 0 radical (unpaired) electrons. The molecule has 0 aromatic heterocycles. The van der Waals surface area contributed by atoms with E-state index in [-0.39, 0.29) is 6.10 Å². The number of nitrogens with one attached hydrogen (secondary N) is 1. The quantitative estimate of drug-likeness (QED) is 0.856. The van der Waals surface area contributed by atoms with Gasteiger partial charge in [-0.05, 0) is 32.0 Å². The highest BCUT2D eigenvalue weighted by molar-refractivity contribution is 5.27. The Bertz CT molecular complexity index is 406. The Kier molecular flexibility index (Phi) is 4.02. The van der Waals surface area contributed by atoms with Crippen LogP contribution in [0.4, 0.5) is 0 Å². The van der Waals surface area contributed by atoms with E-state index >= 15 is 0 Å². The average molecular weight is 251 g/mol. The Balaban J connectivity index is 2.13. The molecule has 1 saturated heterocycles. The average Bonchev–Trinajstić information content (AvgIpc) is 2.70. The molecule has 4 heteroatoms. The number of aliphatic hydroxyl groups excluding tert-OH is 1. The van der Waals surface area contributed by atoms with E-state index in [9.17, 15) is 5.11 Å². The Labute approximate surface area is 108 Å². The van der Waals surface area contributed by atoms with Gasteiger partial charge < -0.3 is 19.9 Å². The number of benzene rings is 1. The van der Waals surface area contributed by atoms with Crippen molar-refractivity contribution in [1.82, 2.24) is 5.32 Å². The maximum atomic E-state index is 9.96. The topological polar surface area (TPSA) is 50.7 Å². The molecule has 0 bridgehead atoms. The largest absolute Gasteiger partial charge is 0.387 e. The molecular formula is C14H21NO3. The van der Waals surface area contributed by atoms with Crippen LogP contribution in [0.2, 0.25) is 0 Å². The first-order chi connectivity index (χ1) is 8.52. The van der Waals surface area contributed by atoms with E-state index in [2.05, 4.69) is 5.32 Å². The van der Waals surface area contributed by atoms with Crippen LogP contribution in [0, 0.1) is 0 Å². The fourth-order valence-corrected chi connectivity index (χ4v) is 2.13. The normalized spacial score (nSPS) is 24.1. The molecule has 100 valence electrons. The second-order valence-corrected chi connectivity index (χ2v) is 5.06. The molecule has 2 rings (SSSR count). The van der Waals surface area contributed by atoms with Gasteiger partial charge in [-0.1, -0.05) is 24.3 Å². The minimum Gasteiger partial charge on any atom is -0.387 e. The fraction of sp³-hybridized carbons (Fsp3) is 0.571. The smallest absolute Gasteiger partial charge is 0.163 e. The van der Waals surface area contributed by atoms with Gasteiger partial charge in [0.2, 0.25) is 0 Å². The molecular weight excluding hydrogens is 230 g/mol. The maximum absolute atomic E-state index is 9.96. The van der Waals surface area contributed by atoms with Gasteiger partial charge in [0.25, 0.3) is 0 Å². The monoisotopic (exact) mass is 251 g/mol. The van der Waals surface area contributed by atoms with Gasteiger partial charge in [0.05, 0.1) is 12.7 Å². The number of hydrogen-bond acceptors (Lipinski definition) is 4. The molecule has 0 aliphatic carbocycles. The van der Waals surface area contributed by atoms with Gasteiger partial charge in [0.1, 0.15) is 6.10 Å². The molecule has 2 atom stereocenters. The van der Waals surface area contributed by atoms with Gasteiger partial charge in [0, 0.05) is 6.54 Å². The summed E-state index contributed by atoms with van der Waals surface area (Å²) in [6.07, 6.45) is -0.549. The Hall–Kier alpha value is -0.940. The molecule has 0 spiro atoms. The zero-order chi connectivity index (χ0) is 13.2. The third-order valence-electron chi connectivity index (χ3n) is 3.07. The molecule has 1 aromatic carbocycles. The lowest BCUT2D eigenvalue weighted by molar-refractivity contribution is -0.139. The lowest BCUT2D eigenvalue weighted by Gasteiger charge is -2.18. The van der Waals surface area contributed by atoms with Gasteiger partial charge >= 0.3 is 0 Å². The van der Waals surface area contributed by atoms with Crippen LogP contribution >= 0.6 is 0 Å². The Morgan fingerprint density at radius 3 is 2.89 bits per heavy atom. The van der Waals surface area contributed by atoms with Gasteiger partial charge in [-0.25, -0.2) is 0 Å².